The Balaban J connectivity index is 1.90. The second-order valence-electron chi connectivity index (χ2n) is 6.27. The van der Waals surface area contributed by atoms with Crippen molar-refractivity contribution >= 4 is 29.3 Å². The van der Waals surface area contributed by atoms with Gasteiger partial charge in [0, 0.05) is 18.1 Å². The van der Waals surface area contributed by atoms with Crippen molar-refractivity contribution in [2.24, 2.45) is 11.8 Å². The summed E-state index contributed by atoms with van der Waals surface area (Å²) in [5, 5.41) is 1.58. The van der Waals surface area contributed by atoms with Crippen LogP contribution < -0.4 is 10.9 Å². The van der Waals surface area contributed by atoms with Crippen LogP contribution in [0.15, 0.2) is 24.3 Å². The highest BCUT2D eigenvalue weighted by atomic mass is 35.5. The fraction of sp³-hybridized carbons (Fsp3) is 0.467. The third kappa shape index (κ3) is 3.90. The topological polar surface area (TPSA) is 75.9 Å². The maximum Gasteiger partial charge on any atom is 0.410 e. The molecule has 0 unspecified atom stereocenters. The zero-order chi connectivity index (χ0) is 16.5. The second kappa shape index (κ2) is 6.14. The first-order chi connectivity index (χ1) is 10.2. The van der Waals surface area contributed by atoms with Crippen LogP contribution in [0.1, 0.15) is 20.8 Å². The lowest BCUT2D eigenvalue weighted by molar-refractivity contribution is -0.127. The van der Waals surface area contributed by atoms with Crippen LogP contribution in [0.3, 0.4) is 0 Å². The van der Waals surface area contributed by atoms with Crippen LogP contribution in [-0.2, 0) is 9.53 Å². The number of carbonyl (C=O) groups excluding carboxylic acids is 2. The smallest absolute Gasteiger partial charge is 0.410 e. The van der Waals surface area contributed by atoms with Gasteiger partial charge in [-0.2, -0.15) is 0 Å². The summed E-state index contributed by atoms with van der Waals surface area (Å²) in [5.41, 5.74) is -0.0272. The van der Waals surface area contributed by atoms with Gasteiger partial charge in [0.15, 0.2) is 0 Å². The molecule has 1 heterocycles. The Bertz CT molecular complexity index is 580. The minimum Gasteiger partial charge on any atom is -0.444 e. The van der Waals surface area contributed by atoms with E-state index < -0.39 is 11.7 Å². The molecule has 1 aliphatic rings. The summed E-state index contributed by atoms with van der Waals surface area (Å²) in [6, 6.07) is 6.74. The van der Waals surface area contributed by atoms with Gasteiger partial charge in [-0.25, -0.2) is 15.6 Å². The number of rotatable bonds is 2. The Kier molecular flexibility index (Phi) is 4.63. The number of carbonyl (C=O) groups is 2. The highest BCUT2D eigenvalue weighted by Crippen LogP contribution is 2.24. The Morgan fingerprint density at radius 2 is 2.00 bits per heavy atom. The molecule has 1 aliphatic heterocycles. The fourth-order valence-electron chi connectivity index (χ4n) is 2.06. The Labute approximate surface area is 134 Å². The number of hydrazine groups is 1. The van der Waals surface area contributed by atoms with Crippen molar-refractivity contribution in [1.29, 1.82) is 0 Å². The van der Waals surface area contributed by atoms with Crippen molar-refractivity contribution in [2.45, 2.75) is 26.4 Å². The summed E-state index contributed by atoms with van der Waals surface area (Å²) >= 11 is 5.88. The van der Waals surface area contributed by atoms with E-state index >= 15 is 0 Å². The zero-order valence-electron chi connectivity index (χ0n) is 12.9. The number of halogens is 1. The third-order valence-corrected chi connectivity index (χ3v) is 3.44. The molecular weight excluding hydrogens is 306 g/mol. The molecule has 1 saturated heterocycles. The molecule has 120 valence electrons. The van der Waals surface area contributed by atoms with Crippen LogP contribution in [0.5, 0.6) is 0 Å². The van der Waals surface area contributed by atoms with Gasteiger partial charge in [0.05, 0.1) is 11.6 Å². The fourth-order valence-corrected chi connectivity index (χ4v) is 2.24. The summed E-state index contributed by atoms with van der Waals surface area (Å²) in [4.78, 5) is 25.6. The maximum absolute atomic E-state index is 12.3. The van der Waals surface area contributed by atoms with Crippen molar-refractivity contribution in [3.05, 3.63) is 29.3 Å². The van der Waals surface area contributed by atoms with Crippen molar-refractivity contribution in [1.82, 2.24) is 4.90 Å². The standard InChI is InChI=1S/C15H20ClN3O3/c1-15(2,3)22-14(21)18-8-10(9-18)13(20)19(17)12-6-4-5-11(16)7-12/h4-7,10H,8-9,17H2,1-3H3. The van der Waals surface area contributed by atoms with Gasteiger partial charge in [0.25, 0.3) is 0 Å². The van der Waals surface area contributed by atoms with E-state index in [2.05, 4.69) is 0 Å². The summed E-state index contributed by atoms with van der Waals surface area (Å²) in [6.45, 7) is 6.01. The number of anilines is 1. The van der Waals surface area contributed by atoms with Gasteiger partial charge < -0.3 is 9.64 Å². The van der Waals surface area contributed by atoms with Crippen LogP contribution in [0, 0.1) is 5.92 Å². The predicted octanol–water partition coefficient (Wildman–Crippen LogP) is 2.41. The molecule has 6 nitrogen and oxygen atoms in total. The molecule has 1 aromatic carbocycles. The lowest BCUT2D eigenvalue weighted by Crippen LogP contribution is -2.58. The maximum atomic E-state index is 12.3. The van der Waals surface area contributed by atoms with Gasteiger partial charge >= 0.3 is 6.09 Å². The number of nitrogens with two attached hydrogens (primary N) is 1. The first-order valence-electron chi connectivity index (χ1n) is 6.99. The number of ether oxygens (including phenoxy) is 1. The van der Waals surface area contributed by atoms with E-state index in [0.717, 1.165) is 5.01 Å². The van der Waals surface area contributed by atoms with Crippen LogP contribution in [-0.4, -0.2) is 35.6 Å². The number of hydrogen-bond donors (Lipinski definition) is 1. The van der Waals surface area contributed by atoms with E-state index in [4.69, 9.17) is 22.2 Å². The minimum atomic E-state index is -0.549. The van der Waals surface area contributed by atoms with E-state index in [1.807, 2.05) is 0 Å². The van der Waals surface area contributed by atoms with Crippen molar-refractivity contribution in [3.8, 4) is 0 Å². The molecule has 0 saturated carbocycles. The third-order valence-electron chi connectivity index (χ3n) is 3.21. The molecule has 0 aromatic heterocycles. The molecule has 22 heavy (non-hydrogen) atoms. The van der Waals surface area contributed by atoms with Gasteiger partial charge in [-0.05, 0) is 39.0 Å². The number of amides is 2. The van der Waals surface area contributed by atoms with E-state index in [0.29, 0.717) is 23.8 Å². The molecule has 1 aromatic rings. The van der Waals surface area contributed by atoms with E-state index in [-0.39, 0.29) is 11.8 Å². The van der Waals surface area contributed by atoms with Crippen molar-refractivity contribution < 1.29 is 14.3 Å². The average molecular weight is 326 g/mol. The first kappa shape index (κ1) is 16.6. The Morgan fingerprint density at radius 3 is 2.55 bits per heavy atom. The normalized spacial score (nSPS) is 15.2. The number of hydrogen-bond acceptors (Lipinski definition) is 4. The molecule has 0 atom stereocenters. The molecule has 1 fully saturated rings. The van der Waals surface area contributed by atoms with Gasteiger partial charge in [0.2, 0.25) is 5.91 Å². The van der Waals surface area contributed by atoms with Gasteiger partial charge in [-0.3, -0.25) is 4.79 Å². The number of benzene rings is 1. The van der Waals surface area contributed by atoms with Crippen LogP contribution in [0.4, 0.5) is 10.5 Å². The molecule has 7 heteroatoms. The zero-order valence-corrected chi connectivity index (χ0v) is 13.6. The Morgan fingerprint density at radius 1 is 1.36 bits per heavy atom. The number of nitrogens with zero attached hydrogens (tertiary/aromatic N) is 2. The highest BCUT2D eigenvalue weighted by Gasteiger charge is 2.39. The lowest BCUT2D eigenvalue weighted by Gasteiger charge is -2.40. The van der Waals surface area contributed by atoms with Gasteiger partial charge in [-0.15, -0.1) is 0 Å². The van der Waals surface area contributed by atoms with Gasteiger partial charge in [-0.1, -0.05) is 17.7 Å². The quantitative estimate of drug-likeness (QED) is 0.514. The van der Waals surface area contributed by atoms with E-state index in [1.165, 1.54) is 4.90 Å². The first-order valence-corrected chi connectivity index (χ1v) is 7.37. The van der Waals surface area contributed by atoms with Crippen molar-refractivity contribution in [3.63, 3.8) is 0 Å². The van der Waals surface area contributed by atoms with Crippen LogP contribution in [0.25, 0.3) is 0 Å². The molecule has 0 radical (unpaired) electrons. The summed E-state index contributed by atoms with van der Waals surface area (Å²) in [6.07, 6.45) is -0.414. The monoisotopic (exact) mass is 325 g/mol. The van der Waals surface area contributed by atoms with Crippen LogP contribution >= 0.6 is 11.6 Å². The van der Waals surface area contributed by atoms with Crippen molar-refractivity contribution in [2.75, 3.05) is 18.1 Å². The molecule has 0 bridgehead atoms. The van der Waals surface area contributed by atoms with Crippen LogP contribution in [0.2, 0.25) is 5.02 Å². The van der Waals surface area contributed by atoms with E-state index in [9.17, 15) is 9.59 Å². The molecule has 0 spiro atoms. The lowest BCUT2D eigenvalue weighted by atomic mass is 9.99. The Hall–Kier alpha value is -1.79. The summed E-state index contributed by atoms with van der Waals surface area (Å²) in [5.74, 6) is 5.26. The predicted molar refractivity (Wildman–Crippen MR) is 84.4 cm³/mol. The summed E-state index contributed by atoms with van der Waals surface area (Å²) in [7, 11) is 0. The van der Waals surface area contributed by atoms with E-state index in [1.54, 1.807) is 45.0 Å². The largest absolute Gasteiger partial charge is 0.444 e. The molecule has 2 rings (SSSR count). The summed E-state index contributed by atoms with van der Waals surface area (Å²) < 4.78 is 5.24. The highest BCUT2D eigenvalue weighted by molar-refractivity contribution is 6.30. The minimum absolute atomic E-state index is 0.248. The van der Waals surface area contributed by atoms with Gasteiger partial charge in [0.1, 0.15) is 5.60 Å². The average Bonchev–Trinajstić information content (AvgIpc) is 2.33. The molecule has 2 amide bonds. The molecule has 2 N–H and O–H groups in total. The second-order valence-corrected chi connectivity index (χ2v) is 6.71. The molecule has 0 aliphatic carbocycles. The molecular formula is C15H20ClN3O3. The number of likely N-dealkylation sites (tertiary alicyclic amines) is 1. The SMILES string of the molecule is CC(C)(C)OC(=O)N1CC(C(=O)N(N)c2cccc(Cl)c2)C1.